The van der Waals surface area contributed by atoms with Gasteiger partial charge in [0.1, 0.15) is 6.04 Å². The van der Waals surface area contributed by atoms with Crippen LogP contribution >= 0.6 is 0 Å². The molecule has 4 N–H and O–H groups in total. The molecule has 0 aromatic heterocycles. The van der Waals surface area contributed by atoms with E-state index in [1.807, 2.05) is 0 Å². The Morgan fingerprint density at radius 2 is 2.23 bits per heavy atom. The number of carbonyl (C=O) groups excluding carboxylic acids is 1. The Hall–Kier alpha value is -1.52. The number of aliphatic carboxylic acids is 1. The van der Waals surface area contributed by atoms with Crippen molar-refractivity contribution >= 4 is 11.9 Å². The van der Waals surface area contributed by atoms with Crippen molar-refractivity contribution in [3.8, 4) is 0 Å². The number of amides is 1. The molecule has 5 heteroatoms. The molecular formula is C8H12N2O3. The lowest BCUT2D eigenvalue weighted by Crippen LogP contribution is -2.40. The highest BCUT2D eigenvalue weighted by atomic mass is 16.4. The van der Waals surface area contributed by atoms with E-state index < -0.39 is 17.9 Å². The molecule has 0 aromatic carbocycles. The summed E-state index contributed by atoms with van der Waals surface area (Å²) >= 11 is 0. The minimum Gasteiger partial charge on any atom is -0.481 e. The number of hydrogen-bond donors (Lipinski definition) is 3. The number of carbonyl (C=O) groups is 2. The second-order valence-electron chi connectivity index (χ2n) is 3.02. The zero-order chi connectivity index (χ0) is 9.84. The standard InChI is InChI=1S/C8H12N2O3/c9-8(13)6(3-7(11)12)10-4-5-1-2-5/h4,6,10H,1-3H2,(H2,9,13)(H,11,12). The van der Waals surface area contributed by atoms with Crippen molar-refractivity contribution in [2.24, 2.45) is 5.73 Å². The zero-order valence-electron chi connectivity index (χ0n) is 7.12. The molecule has 1 aliphatic carbocycles. The van der Waals surface area contributed by atoms with E-state index in [4.69, 9.17) is 10.8 Å². The molecule has 0 aromatic rings. The second kappa shape index (κ2) is 3.93. The number of carboxylic acid groups (broad SMARTS) is 1. The van der Waals surface area contributed by atoms with Gasteiger partial charge in [-0.05, 0) is 19.0 Å². The van der Waals surface area contributed by atoms with Gasteiger partial charge in [0.05, 0.1) is 6.42 Å². The predicted molar refractivity (Wildman–Crippen MR) is 45.7 cm³/mol. The number of rotatable bonds is 5. The highest BCUT2D eigenvalue weighted by Crippen LogP contribution is 2.26. The van der Waals surface area contributed by atoms with Crippen LogP contribution in [0.1, 0.15) is 19.3 Å². The molecule has 1 saturated carbocycles. The van der Waals surface area contributed by atoms with Gasteiger partial charge in [0.15, 0.2) is 0 Å². The maximum Gasteiger partial charge on any atom is 0.305 e. The van der Waals surface area contributed by atoms with Gasteiger partial charge in [-0.25, -0.2) is 0 Å². The van der Waals surface area contributed by atoms with Gasteiger partial charge in [-0.15, -0.1) is 0 Å². The fraction of sp³-hybridized carbons (Fsp3) is 0.500. The fourth-order valence-electron chi connectivity index (χ4n) is 0.851. The molecule has 0 bridgehead atoms. The van der Waals surface area contributed by atoms with Crippen molar-refractivity contribution in [2.75, 3.05) is 0 Å². The molecule has 13 heavy (non-hydrogen) atoms. The quantitative estimate of drug-likeness (QED) is 0.541. The third-order valence-electron chi connectivity index (χ3n) is 1.75. The summed E-state index contributed by atoms with van der Waals surface area (Å²) in [4.78, 5) is 21.0. The van der Waals surface area contributed by atoms with Gasteiger partial charge in [-0.3, -0.25) is 9.59 Å². The molecule has 1 unspecified atom stereocenters. The largest absolute Gasteiger partial charge is 0.481 e. The van der Waals surface area contributed by atoms with Gasteiger partial charge in [-0.1, -0.05) is 5.57 Å². The molecule has 72 valence electrons. The predicted octanol–water partition coefficient (Wildman–Crippen LogP) is -0.418. The smallest absolute Gasteiger partial charge is 0.305 e. The van der Waals surface area contributed by atoms with Gasteiger partial charge in [0.2, 0.25) is 5.91 Å². The van der Waals surface area contributed by atoms with Crippen LogP contribution in [0.25, 0.3) is 0 Å². The van der Waals surface area contributed by atoms with E-state index in [1.165, 1.54) is 5.57 Å². The van der Waals surface area contributed by atoms with Gasteiger partial charge in [-0.2, -0.15) is 0 Å². The summed E-state index contributed by atoms with van der Waals surface area (Å²) in [6.45, 7) is 0. The molecule has 0 heterocycles. The Morgan fingerprint density at radius 1 is 1.62 bits per heavy atom. The topological polar surface area (TPSA) is 92.4 Å². The van der Waals surface area contributed by atoms with E-state index in [0.29, 0.717) is 0 Å². The van der Waals surface area contributed by atoms with Gasteiger partial charge >= 0.3 is 5.97 Å². The number of nitrogens with two attached hydrogens (primary N) is 1. The highest BCUT2D eigenvalue weighted by molar-refractivity contribution is 5.84. The summed E-state index contributed by atoms with van der Waals surface area (Å²) in [5.74, 6) is -1.68. The molecule has 0 saturated heterocycles. The van der Waals surface area contributed by atoms with E-state index in [0.717, 1.165) is 12.8 Å². The molecule has 1 fully saturated rings. The van der Waals surface area contributed by atoms with Gasteiger partial charge in [0, 0.05) is 0 Å². The average molecular weight is 184 g/mol. The third kappa shape index (κ3) is 3.59. The summed E-state index contributed by atoms with van der Waals surface area (Å²) in [6, 6.07) is -0.800. The Labute approximate surface area is 75.6 Å². The number of allylic oxidation sites excluding steroid dienone is 1. The maximum absolute atomic E-state index is 10.7. The number of hydrogen-bond acceptors (Lipinski definition) is 3. The van der Waals surface area contributed by atoms with Crippen molar-refractivity contribution in [1.29, 1.82) is 0 Å². The first-order valence-electron chi connectivity index (χ1n) is 4.04. The van der Waals surface area contributed by atoms with Crippen LogP contribution in [0.4, 0.5) is 0 Å². The molecule has 5 nitrogen and oxygen atoms in total. The first kappa shape index (κ1) is 9.57. The fourth-order valence-corrected chi connectivity index (χ4v) is 0.851. The van der Waals surface area contributed by atoms with E-state index >= 15 is 0 Å². The van der Waals surface area contributed by atoms with Crippen LogP contribution in [0.3, 0.4) is 0 Å². The number of nitrogens with one attached hydrogen (secondary N) is 1. The van der Waals surface area contributed by atoms with Crippen LogP contribution in [-0.2, 0) is 9.59 Å². The van der Waals surface area contributed by atoms with Gasteiger partial charge in [0.25, 0.3) is 0 Å². The SMILES string of the molecule is NC(=O)C(CC(=O)O)NC=C1CC1. The highest BCUT2D eigenvalue weighted by Gasteiger charge is 2.18. The van der Waals surface area contributed by atoms with Crippen LogP contribution in [0.15, 0.2) is 11.8 Å². The molecule has 1 atom stereocenters. The normalized spacial score (nSPS) is 16.2. The van der Waals surface area contributed by atoms with E-state index in [1.54, 1.807) is 6.20 Å². The van der Waals surface area contributed by atoms with Crippen molar-refractivity contribution in [3.63, 3.8) is 0 Å². The Morgan fingerprint density at radius 3 is 2.62 bits per heavy atom. The van der Waals surface area contributed by atoms with Crippen LogP contribution in [0, 0.1) is 0 Å². The van der Waals surface area contributed by atoms with Crippen LogP contribution in [0.5, 0.6) is 0 Å². The maximum atomic E-state index is 10.7. The van der Waals surface area contributed by atoms with Crippen LogP contribution in [0.2, 0.25) is 0 Å². The summed E-state index contributed by atoms with van der Waals surface area (Å²) in [7, 11) is 0. The van der Waals surface area contributed by atoms with E-state index in [-0.39, 0.29) is 6.42 Å². The summed E-state index contributed by atoms with van der Waals surface area (Å²) in [5, 5.41) is 11.1. The van der Waals surface area contributed by atoms with E-state index in [2.05, 4.69) is 5.32 Å². The minimum absolute atomic E-state index is 0.279. The lowest BCUT2D eigenvalue weighted by molar-refractivity contribution is -0.139. The van der Waals surface area contributed by atoms with Crippen molar-refractivity contribution in [2.45, 2.75) is 25.3 Å². The Kier molecular flexibility index (Phi) is 2.89. The molecule has 1 aliphatic rings. The molecule has 0 radical (unpaired) electrons. The van der Waals surface area contributed by atoms with Crippen LogP contribution < -0.4 is 11.1 Å². The summed E-state index contributed by atoms with van der Waals surface area (Å²) in [5.41, 5.74) is 6.19. The summed E-state index contributed by atoms with van der Waals surface area (Å²) < 4.78 is 0. The first-order valence-corrected chi connectivity index (χ1v) is 4.04. The average Bonchev–Trinajstić information content (AvgIpc) is 2.79. The minimum atomic E-state index is -1.04. The third-order valence-corrected chi connectivity index (χ3v) is 1.75. The second-order valence-corrected chi connectivity index (χ2v) is 3.02. The number of primary amides is 1. The Balaban J connectivity index is 2.41. The molecule has 1 rings (SSSR count). The van der Waals surface area contributed by atoms with Crippen molar-refractivity contribution in [3.05, 3.63) is 11.8 Å². The van der Waals surface area contributed by atoms with E-state index in [9.17, 15) is 9.59 Å². The van der Waals surface area contributed by atoms with Crippen LogP contribution in [-0.4, -0.2) is 23.0 Å². The molecular weight excluding hydrogens is 172 g/mol. The van der Waals surface area contributed by atoms with Crippen molar-refractivity contribution in [1.82, 2.24) is 5.32 Å². The van der Waals surface area contributed by atoms with Crippen molar-refractivity contribution < 1.29 is 14.7 Å². The molecule has 0 aliphatic heterocycles. The monoisotopic (exact) mass is 184 g/mol. The first-order chi connectivity index (χ1) is 6.09. The number of carboxylic acids is 1. The Bertz CT molecular complexity index is 254. The molecule has 0 spiro atoms. The lowest BCUT2D eigenvalue weighted by atomic mass is 10.2. The molecule has 1 amide bonds. The zero-order valence-corrected chi connectivity index (χ0v) is 7.12. The van der Waals surface area contributed by atoms with Gasteiger partial charge < -0.3 is 16.2 Å². The summed E-state index contributed by atoms with van der Waals surface area (Å²) in [6.07, 6.45) is 3.44. The lowest BCUT2D eigenvalue weighted by Gasteiger charge is -2.10.